The van der Waals surface area contributed by atoms with Crippen molar-refractivity contribution in [1.29, 1.82) is 0 Å². The number of amides is 1. The second-order valence-corrected chi connectivity index (χ2v) is 7.60. The third-order valence-corrected chi connectivity index (χ3v) is 5.59. The van der Waals surface area contributed by atoms with Gasteiger partial charge in [0.25, 0.3) is 5.91 Å². The first kappa shape index (κ1) is 21.3. The number of fused-ring (bicyclic) bond motifs is 1. The van der Waals surface area contributed by atoms with Crippen molar-refractivity contribution < 1.29 is 23.1 Å². The Kier molecular flexibility index (Phi) is 5.44. The van der Waals surface area contributed by atoms with Crippen LogP contribution in [0.3, 0.4) is 0 Å². The summed E-state index contributed by atoms with van der Waals surface area (Å²) in [5.41, 5.74) is 0.351. The van der Waals surface area contributed by atoms with E-state index < -0.39 is 22.7 Å². The Balaban J connectivity index is 1.66. The maximum Gasteiger partial charge on any atom is 0.417 e. The average molecular weight is 452 g/mol. The summed E-state index contributed by atoms with van der Waals surface area (Å²) >= 11 is 6.00. The molecule has 0 spiro atoms. The fraction of sp³-hybridized carbons (Fsp3) is 0.300. The van der Waals surface area contributed by atoms with Gasteiger partial charge >= 0.3 is 6.18 Å². The number of hydrogen-bond acceptors (Lipinski definition) is 5. The lowest BCUT2D eigenvalue weighted by atomic mass is 10.1. The van der Waals surface area contributed by atoms with E-state index in [4.69, 9.17) is 11.6 Å². The zero-order valence-corrected chi connectivity index (χ0v) is 17.0. The monoisotopic (exact) mass is 451 g/mol. The van der Waals surface area contributed by atoms with E-state index in [-0.39, 0.29) is 30.6 Å². The van der Waals surface area contributed by atoms with Gasteiger partial charge in [0.2, 0.25) is 5.82 Å². The van der Waals surface area contributed by atoms with Crippen LogP contribution in [-0.2, 0) is 25.9 Å². The lowest BCUT2D eigenvalue weighted by Crippen LogP contribution is -2.46. The van der Waals surface area contributed by atoms with E-state index in [1.54, 1.807) is 23.6 Å². The summed E-state index contributed by atoms with van der Waals surface area (Å²) in [5.74, 6) is -0.0288. The predicted molar refractivity (Wildman–Crippen MR) is 105 cm³/mol. The summed E-state index contributed by atoms with van der Waals surface area (Å²) in [6.45, 7) is 1.84. The topological polar surface area (TPSA) is 84.1 Å². The van der Waals surface area contributed by atoms with E-state index in [0.717, 1.165) is 6.07 Å². The number of carbonyl (C=O) groups is 1. The molecule has 0 saturated carbocycles. The van der Waals surface area contributed by atoms with E-state index in [2.05, 4.69) is 15.2 Å². The number of aromatic nitrogens is 4. The average Bonchev–Trinajstić information content (AvgIpc) is 3.15. The van der Waals surface area contributed by atoms with Gasteiger partial charge in [0, 0.05) is 25.3 Å². The number of rotatable bonds is 4. The first-order chi connectivity index (χ1) is 14.7. The number of benzene rings is 1. The third-order valence-electron chi connectivity index (χ3n) is 5.14. The van der Waals surface area contributed by atoms with Crippen molar-refractivity contribution in [2.45, 2.75) is 38.8 Å². The number of alkyl halides is 3. The summed E-state index contributed by atoms with van der Waals surface area (Å²) in [6, 6.07) is 6.59. The van der Waals surface area contributed by atoms with E-state index in [0.29, 0.717) is 23.6 Å². The lowest BCUT2D eigenvalue weighted by Gasteiger charge is -2.34. The second-order valence-electron chi connectivity index (χ2n) is 7.22. The highest BCUT2D eigenvalue weighted by atomic mass is 35.5. The van der Waals surface area contributed by atoms with Gasteiger partial charge in [-0.05, 0) is 36.2 Å². The van der Waals surface area contributed by atoms with Crippen molar-refractivity contribution in [3.63, 3.8) is 0 Å². The molecule has 11 heteroatoms. The van der Waals surface area contributed by atoms with Crippen molar-refractivity contribution in [3.8, 4) is 11.5 Å². The van der Waals surface area contributed by atoms with Gasteiger partial charge < -0.3 is 10.0 Å². The predicted octanol–water partition coefficient (Wildman–Crippen LogP) is 3.55. The first-order valence-electron chi connectivity index (χ1n) is 9.35. The molecular weight excluding hydrogens is 435 g/mol. The fourth-order valence-electron chi connectivity index (χ4n) is 3.54. The molecule has 1 N–H and O–H groups in total. The normalized spacial score (nSPS) is 16.5. The number of aliphatic hydroxyl groups excluding tert-OH is 1. The van der Waals surface area contributed by atoms with E-state index in [1.807, 2.05) is 0 Å². The molecule has 3 heterocycles. The van der Waals surface area contributed by atoms with E-state index >= 15 is 0 Å². The quantitative estimate of drug-likeness (QED) is 0.656. The molecule has 1 aliphatic rings. The van der Waals surface area contributed by atoms with Crippen LogP contribution in [0.25, 0.3) is 11.5 Å². The van der Waals surface area contributed by atoms with Gasteiger partial charge in [-0.25, -0.2) is 0 Å². The summed E-state index contributed by atoms with van der Waals surface area (Å²) < 4.78 is 41.1. The number of aliphatic hydroxyl groups is 1. The SMILES string of the molecule is C[C@H]1Cn2c(nnc2-c2cc(CO)ccn2)C(=O)N1Cc1cccc(C(F)(F)F)c1Cl. The molecule has 162 valence electrons. The Morgan fingerprint density at radius 1 is 1.23 bits per heavy atom. The maximum atomic E-state index is 13.2. The van der Waals surface area contributed by atoms with Crippen molar-refractivity contribution in [2.75, 3.05) is 0 Å². The van der Waals surface area contributed by atoms with Crippen LogP contribution in [0.2, 0.25) is 5.02 Å². The number of carbonyl (C=O) groups excluding carboxylic acids is 1. The fourth-order valence-corrected chi connectivity index (χ4v) is 3.83. The van der Waals surface area contributed by atoms with Gasteiger partial charge in [-0.3, -0.25) is 14.3 Å². The smallest absolute Gasteiger partial charge is 0.392 e. The van der Waals surface area contributed by atoms with Gasteiger partial charge in [0.15, 0.2) is 5.82 Å². The number of hydrogen-bond donors (Lipinski definition) is 1. The van der Waals surface area contributed by atoms with Crippen LogP contribution in [0, 0.1) is 0 Å². The summed E-state index contributed by atoms with van der Waals surface area (Å²) in [7, 11) is 0. The van der Waals surface area contributed by atoms with E-state index in [9.17, 15) is 23.1 Å². The minimum atomic E-state index is -4.59. The van der Waals surface area contributed by atoms with Crippen LogP contribution in [-0.4, -0.2) is 41.7 Å². The van der Waals surface area contributed by atoms with Gasteiger partial charge in [-0.1, -0.05) is 23.7 Å². The van der Waals surface area contributed by atoms with Crippen LogP contribution < -0.4 is 0 Å². The molecule has 3 aromatic rings. The van der Waals surface area contributed by atoms with Crippen molar-refractivity contribution in [1.82, 2.24) is 24.6 Å². The summed E-state index contributed by atoms with van der Waals surface area (Å²) in [5, 5.41) is 17.0. The van der Waals surface area contributed by atoms with Gasteiger partial charge in [0.05, 0.1) is 17.2 Å². The highest BCUT2D eigenvalue weighted by molar-refractivity contribution is 6.32. The number of halogens is 4. The van der Waals surface area contributed by atoms with Gasteiger partial charge in [0.1, 0.15) is 5.69 Å². The first-order valence-corrected chi connectivity index (χ1v) is 9.73. The summed E-state index contributed by atoms with van der Waals surface area (Å²) in [4.78, 5) is 18.7. The molecule has 31 heavy (non-hydrogen) atoms. The third kappa shape index (κ3) is 3.88. The van der Waals surface area contributed by atoms with Crippen LogP contribution in [0.15, 0.2) is 36.5 Å². The van der Waals surface area contributed by atoms with Crippen LogP contribution in [0.1, 0.15) is 34.2 Å². The Labute approximate surface area is 180 Å². The molecule has 0 fully saturated rings. The Morgan fingerprint density at radius 2 is 1.97 bits per heavy atom. The molecule has 0 aliphatic carbocycles. The van der Waals surface area contributed by atoms with Crippen molar-refractivity contribution in [2.24, 2.45) is 0 Å². The minimum Gasteiger partial charge on any atom is -0.392 e. The Hall–Kier alpha value is -2.98. The van der Waals surface area contributed by atoms with Crippen molar-refractivity contribution in [3.05, 3.63) is 64.1 Å². The molecule has 2 aromatic heterocycles. The number of nitrogens with zero attached hydrogens (tertiary/aromatic N) is 5. The molecule has 4 rings (SSSR count). The maximum absolute atomic E-state index is 13.2. The highest BCUT2D eigenvalue weighted by Crippen LogP contribution is 2.37. The summed E-state index contributed by atoms with van der Waals surface area (Å²) in [6.07, 6.45) is -3.06. The number of pyridine rings is 1. The molecular formula is C20H17ClF3N5O2. The molecule has 0 bridgehead atoms. The molecule has 0 saturated heterocycles. The Morgan fingerprint density at radius 3 is 2.68 bits per heavy atom. The van der Waals surface area contributed by atoms with Gasteiger partial charge in [-0.15, -0.1) is 10.2 Å². The standard InChI is InChI=1S/C20H17ClF3N5O2/c1-11-8-29-17(15-7-12(10-30)5-6-25-15)26-27-18(29)19(31)28(11)9-13-3-2-4-14(16(13)21)20(22,23)24/h2-7,11,30H,8-10H2,1H3/t11-/m0/s1. The van der Waals surface area contributed by atoms with E-state index in [1.165, 1.54) is 23.2 Å². The highest BCUT2D eigenvalue weighted by Gasteiger charge is 2.37. The zero-order valence-electron chi connectivity index (χ0n) is 16.3. The molecule has 1 amide bonds. The second kappa shape index (κ2) is 7.93. The Bertz CT molecular complexity index is 1150. The molecule has 0 unspecified atom stereocenters. The lowest BCUT2D eigenvalue weighted by molar-refractivity contribution is -0.137. The molecule has 0 radical (unpaired) electrons. The van der Waals surface area contributed by atoms with Crippen LogP contribution in [0.4, 0.5) is 13.2 Å². The van der Waals surface area contributed by atoms with Crippen molar-refractivity contribution >= 4 is 17.5 Å². The van der Waals surface area contributed by atoms with Gasteiger partial charge in [-0.2, -0.15) is 13.2 Å². The molecule has 1 atom stereocenters. The molecule has 1 aromatic carbocycles. The van der Waals surface area contributed by atoms with Crippen LogP contribution in [0.5, 0.6) is 0 Å². The largest absolute Gasteiger partial charge is 0.417 e. The van der Waals surface area contributed by atoms with Crippen LogP contribution >= 0.6 is 11.6 Å². The zero-order chi connectivity index (χ0) is 22.3. The molecule has 1 aliphatic heterocycles. The molecule has 7 nitrogen and oxygen atoms in total. The minimum absolute atomic E-state index is 0.0624.